The maximum atomic E-state index is 12.8. The predicted molar refractivity (Wildman–Crippen MR) is 50.7 cm³/mol. The van der Waals surface area contributed by atoms with Crippen LogP contribution >= 0.6 is 0 Å². The molecule has 0 fully saturated rings. The molecule has 0 nitrogen and oxygen atoms in total. The number of hydrogen-bond acceptors (Lipinski definition) is 0. The average Bonchev–Trinajstić information content (AvgIpc) is 2.19. The second kappa shape index (κ2) is 3.40. The monoisotopic (exact) mass is 171 g/mol. The molecule has 0 spiro atoms. The first-order valence-electron chi connectivity index (χ1n) is 4.09. The summed E-state index contributed by atoms with van der Waals surface area (Å²) in [5.74, 6) is -0.318. The molecule has 0 saturated heterocycles. The van der Waals surface area contributed by atoms with E-state index in [-0.39, 0.29) is 5.82 Å². The lowest BCUT2D eigenvalue weighted by Gasteiger charge is -1.99. The summed E-state index contributed by atoms with van der Waals surface area (Å²) in [7, 11) is 0. The Balaban J connectivity index is 2.48. The van der Waals surface area contributed by atoms with Crippen LogP contribution in [0.1, 0.15) is 0 Å². The maximum Gasteiger partial charge on any atom is 0.131 e. The lowest BCUT2D eigenvalue weighted by molar-refractivity contribution is 0.626. The van der Waals surface area contributed by atoms with Crippen LogP contribution in [0.25, 0.3) is 11.1 Å². The van der Waals surface area contributed by atoms with E-state index in [1.165, 1.54) is 6.07 Å². The molecule has 0 aliphatic heterocycles. The van der Waals surface area contributed by atoms with Crippen molar-refractivity contribution in [3.05, 3.63) is 60.4 Å². The molecule has 63 valence electrons. The van der Waals surface area contributed by atoms with Gasteiger partial charge in [0.1, 0.15) is 5.82 Å². The third kappa shape index (κ3) is 1.75. The van der Waals surface area contributed by atoms with Crippen LogP contribution in [0.4, 0.5) is 4.39 Å². The Kier molecular flexibility index (Phi) is 2.09. The second-order valence-corrected chi connectivity index (χ2v) is 2.78. The summed E-state index contributed by atoms with van der Waals surface area (Å²) >= 11 is 0. The van der Waals surface area contributed by atoms with Gasteiger partial charge in [0.05, 0.1) is 0 Å². The van der Waals surface area contributed by atoms with Crippen molar-refractivity contribution in [2.75, 3.05) is 0 Å². The van der Waals surface area contributed by atoms with Crippen LogP contribution in [-0.4, -0.2) is 0 Å². The fraction of sp³-hybridized carbons (Fsp3) is 0. The zero-order valence-corrected chi connectivity index (χ0v) is 7.00. The number of benzene rings is 2. The van der Waals surface area contributed by atoms with Crippen LogP contribution in [0.2, 0.25) is 0 Å². The van der Waals surface area contributed by atoms with Crippen LogP contribution in [0.5, 0.6) is 0 Å². The number of hydrogen-bond donors (Lipinski definition) is 0. The SMILES string of the molecule is Fc1[c]c(-c2ccccc2)ccc1. The predicted octanol–water partition coefficient (Wildman–Crippen LogP) is 3.29. The molecule has 0 bridgehead atoms. The van der Waals surface area contributed by atoms with Crippen LogP contribution < -0.4 is 0 Å². The fourth-order valence-electron chi connectivity index (χ4n) is 1.23. The molecule has 0 aliphatic carbocycles. The topological polar surface area (TPSA) is 0 Å². The zero-order valence-electron chi connectivity index (χ0n) is 7.00. The Morgan fingerprint density at radius 1 is 0.846 bits per heavy atom. The third-order valence-electron chi connectivity index (χ3n) is 1.84. The van der Waals surface area contributed by atoms with Gasteiger partial charge in [-0.3, -0.25) is 0 Å². The Labute approximate surface area is 76.7 Å². The van der Waals surface area contributed by atoms with Gasteiger partial charge in [-0.15, -0.1) is 0 Å². The van der Waals surface area contributed by atoms with Crippen molar-refractivity contribution in [3.63, 3.8) is 0 Å². The first-order valence-corrected chi connectivity index (χ1v) is 4.09. The number of rotatable bonds is 1. The lowest BCUT2D eigenvalue weighted by atomic mass is 10.1. The van der Waals surface area contributed by atoms with Crippen molar-refractivity contribution in [3.8, 4) is 11.1 Å². The van der Waals surface area contributed by atoms with Gasteiger partial charge in [0.15, 0.2) is 0 Å². The van der Waals surface area contributed by atoms with Gasteiger partial charge < -0.3 is 0 Å². The van der Waals surface area contributed by atoms with E-state index < -0.39 is 0 Å². The summed E-state index contributed by atoms with van der Waals surface area (Å²) < 4.78 is 12.8. The van der Waals surface area contributed by atoms with Gasteiger partial charge in [-0.05, 0) is 17.2 Å². The molecule has 13 heavy (non-hydrogen) atoms. The van der Waals surface area contributed by atoms with E-state index in [4.69, 9.17) is 0 Å². The van der Waals surface area contributed by atoms with E-state index in [1.807, 2.05) is 36.4 Å². The molecular weight excluding hydrogens is 163 g/mol. The summed E-state index contributed by atoms with van der Waals surface area (Å²) in [5.41, 5.74) is 1.78. The molecule has 0 N–H and O–H groups in total. The molecule has 1 heteroatoms. The molecule has 2 aromatic carbocycles. The fourth-order valence-corrected chi connectivity index (χ4v) is 1.23. The van der Waals surface area contributed by atoms with Gasteiger partial charge in [-0.2, -0.15) is 0 Å². The van der Waals surface area contributed by atoms with E-state index in [0.29, 0.717) is 0 Å². The lowest BCUT2D eigenvalue weighted by Crippen LogP contribution is -1.79. The van der Waals surface area contributed by atoms with Gasteiger partial charge in [0.25, 0.3) is 0 Å². The highest BCUT2D eigenvalue weighted by Gasteiger charge is 1.97. The Morgan fingerprint density at radius 3 is 2.31 bits per heavy atom. The highest BCUT2D eigenvalue weighted by atomic mass is 19.1. The molecule has 0 unspecified atom stereocenters. The van der Waals surface area contributed by atoms with Crippen molar-refractivity contribution in [1.82, 2.24) is 0 Å². The molecule has 0 atom stereocenters. The van der Waals surface area contributed by atoms with E-state index in [9.17, 15) is 4.39 Å². The minimum Gasteiger partial charge on any atom is -0.206 e. The van der Waals surface area contributed by atoms with Crippen molar-refractivity contribution in [2.24, 2.45) is 0 Å². The first-order chi connectivity index (χ1) is 6.36. The van der Waals surface area contributed by atoms with E-state index in [0.717, 1.165) is 11.1 Å². The normalized spacial score (nSPS) is 9.92. The van der Waals surface area contributed by atoms with Gasteiger partial charge in [0.2, 0.25) is 0 Å². The minimum atomic E-state index is -0.318. The van der Waals surface area contributed by atoms with Gasteiger partial charge in [-0.1, -0.05) is 42.5 Å². The summed E-state index contributed by atoms with van der Waals surface area (Å²) in [6.07, 6.45) is 0. The molecule has 1 radical (unpaired) electrons. The highest BCUT2D eigenvalue weighted by Crippen LogP contribution is 2.18. The minimum absolute atomic E-state index is 0.318. The molecule has 0 saturated carbocycles. The van der Waals surface area contributed by atoms with Crippen LogP contribution in [0, 0.1) is 11.9 Å². The molecule has 0 aromatic heterocycles. The quantitative estimate of drug-likeness (QED) is 0.617. The maximum absolute atomic E-state index is 12.8. The summed E-state index contributed by atoms with van der Waals surface area (Å²) in [4.78, 5) is 0. The Hall–Kier alpha value is -1.63. The van der Waals surface area contributed by atoms with Gasteiger partial charge >= 0.3 is 0 Å². The molecule has 2 rings (SSSR count). The van der Waals surface area contributed by atoms with Crippen LogP contribution in [-0.2, 0) is 0 Å². The Bertz CT molecular complexity index is 393. The summed E-state index contributed by atoms with van der Waals surface area (Å²) in [6.45, 7) is 0. The largest absolute Gasteiger partial charge is 0.206 e. The van der Waals surface area contributed by atoms with Crippen molar-refractivity contribution >= 4 is 0 Å². The first kappa shape index (κ1) is 7.99. The van der Waals surface area contributed by atoms with E-state index in [1.54, 1.807) is 6.07 Å². The molecule has 2 aromatic rings. The van der Waals surface area contributed by atoms with Crippen molar-refractivity contribution in [1.29, 1.82) is 0 Å². The van der Waals surface area contributed by atoms with Gasteiger partial charge in [0, 0.05) is 6.07 Å². The standard InChI is InChI=1S/C12H8F/c13-12-8-4-7-11(9-12)10-5-2-1-3-6-10/h1-8H. The van der Waals surface area contributed by atoms with Crippen molar-refractivity contribution < 1.29 is 4.39 Å². The second-order valence-electron chi connectivity index (χ2n) is 2.78. The van der Waals surface area contributed by atoms with Gasteiger partial charge in [-0.25, -0.2) is 4.39 Å². The third-order valence-corrected chi connectivity index (χ3v) is 1.84. The van der Waals surface area contributed by atoms with Crippen LogP contribution in [0.3, 0.4) is 0 Å². The highest BCUT2D eigenvalue weighted by molar-refractivity contribution is 5.62. The molecule has 0 aliphatic rings. The molecule has 0 amide bonds. The zero-order chi connectivity index (χ0) is 9.10. The smallest absolute Gasteiger partial charge is 0.131 e. The summed E-state index contributed by atoms with van der Waals surface area (Å²) in [5, 5.41) is 0. The number of halogens is 1. The van der Waals surface area contributed by atoms with E-state index in [2.05, 4.69) is 6.07 Å². The average molecular weight is 171 g/mol. The Morgan fingerprint density at radius 2 is 1.62 bits per heavy atom. The molecular formula is C12H8F. The van der Waals surface area contributed by atoms with Crippen LogP contribution in [0.15, 0.2) is 48.5 Å². The molecule has 0 heterocycles. The van der Waals surface area contributed by atoms with Crippen molar-refractivity contribution in [2.45, 2.75) is 0 Å². The van der Waals surface area contributed by atoms with E-state index >= 15 is 0 Å². The summed E-state index contributed by atoms with van der Waals surface area (Å²) in [6, 6.07) is 17.2.